The lowest BCUT2D eigenvalue weighted by Gasteiger charge is -2.26. The number of aromatic amines is 1. The number of H-pyrrole nitrogens is 1. The number of hydrogen-bond donors (Lipinski definition) is 2. The fourth-order valence-corrected chi connectivity index (χ4v) is 4.55. The molecule has 0 saturated carbocycles. The number of fused-ring (bicyclic) bond motifs is 1. The first-order chi connectivity index (χ1) is 16.0. The largest absolute Gasteiger partial charge is 0.507 e. The number of aromatic nitrogens is 3. The summed E-state index contributed by atoms with van der Waals surface area (Å²) in [5.41, 5.74) is 5.95. The van der Waals surface area contributed by atoms with Crippen LogP contribution in [-0.4, -0.2) is 38.2 Å². The summed E-state index contributed by atoms with van der Waals surface area (Å²) in [5.74, 6) is 0.718. The van der Waals surface area contributed by atoms with Gasteiger partial charge in [-0.15, -0.1) is 0 Å². The topological polar surface area (TPSA) is 91.3 Å². The van der Waals surface area contributed by atoms with E-state index in [9.17, 15) is 9.90 Å². The molecule has 0 unspecified atom stereocenters. The maximum atomic E-state index is 13.5. The van der Waals surface area contributed by atoms with Crippen molar-refractivity contribution in [1.82, 2.24) is 20.1 Å². The van der Waals surface area contributed by atoms with Crippen LogP contribution in [0.15, 0.2) is 60.9 Å². The lowest BCUT2D eigenvalue weighted by molar-refractivity contribution is 0.0729. The number of phenols is 1. The molecule has 3 heterocycles. The molecular formula is C26H24N4O3. The Morgan fingerprint density at radius 3 is 2.76 bits per heavy atom. The molecular weight excluding hydrogens is 416 g/mol. The summed E-state index contributed by atoms with van der Waals surface area (Å²) in [6.45, 7) is 4.22. The summed E-state index contributed by atoms with van der Waals surface area (Å²) in [6, 6.07) is 14.9. The normalized spacial score (nSPS) is 15.1. The first kappa shape index (κ1) is 20.8. The second-order valence-electron chi connectivity index (χ2n) is 8.31. The minimum atomic E-state index is -0.406. The maximum absolute atomic E-state index is 13.5. The minimum absolute atomic E-state index is 0.149. The molecule has 1 amide bonds. The molecule has 2 aromatic carbocycles. The van der Waals surface area contributed by atoms with E-state index in [-0.39, 0.29) is 11.7 Å². The highest BCUT2D eigenvalue weighted by Crippen LogP contribution is 2.46. The molecule has 0 bridgehead atoms. The average Bonchev–Trinajstić information content (AvgIpc) is 3.36. The van der Waals surface area contributed by atoms with E-state index in [2.05, 4.69) is 15.2 Å². The quantitative estimate of drug-likeness (QED) is 0.475. The summed E-state index contributed by atoms with van der Waals surface area (Å²) in [5, 5.41) is 18.3. The third kappa shape index (κ3) is 3.51. The number of nitrogens with one attached hydrogen (secondary N) is 1. The van der Waals surface area contributed by atoms with Crippen LogP contribution in [0.25, 0.3) is 11.3 Å². The highest BCUT2D eigenvalue weighted by Gasteiger charge is 2.42. The van der Waals surface area contributed by atoms with Gasteiger partial charge in [0.25, 0.3) is 5.91 Å². The molecule has 2 aromatic heterocycles. The summed E-state index contributed by atoms with van der Waals surface area (Å²) < 4.78 is 5.45. The molecule has 5 rings (SSSR count). The lowest BCUT2D eigenvalue weighted by Crippen LogP contribution is -2.29. The van der Waals surface area contributed by atoms with Crippen LogP contribution in [0.1, 0.15) is 44.3 Å². The van der Waals surface area contributed by atoms with Gasteiger partial charge in [0.2, 0.25) is 0 Å². The van der Waals surface area contributed by atoms with Crippen molar-refractivity contribution >= 4 is 5.91 Å². The van der Waals surface area contributed by atoms with Crippen LogP contribution in [0.3, 0.4) is 0 Å². The molecule has 1 atom stereocenters. The number of ether oxygens (including phenoxy) is 1. The van der Waals surface area contributed by atoms with Crippen LogP contribution in [0.4, 0.5) is 0 Å². The summed E-state index contributed by atoms with van der Waals surface area (Å²) in [7, 11) is 1.62. The van der Waals surface area contributed by atoms with E-state index in [1.807, 2.05) is 62.4 Å². The fourth-order valence-electron chi connectivity index (χ4n) is 4.55. The Hall–Kier alpha value is -4.13. The Morgan fingerprint density at radius 1 is 1.15 bits per heavy atom. The molecule has 1 aliphatic heterocycles. The van der Waals surface area contributed by atoms with Gasteiger partial charge < -0.3 is 14.7 Å². The fraction of sp³-hybridized carbons (Fsp3) is 0.192. The number of benzene rings is 2. The number of carbonyl (C=O) groups excluding carboxylic acids is 1. The maximum Gasteiger partial charge on any atom is 0.273 e. The van der Waals surface area contributed by atoms with Crippen LogP contribution >= 0.6 is 0 Å². The van der Waals surface area contributed by atoms with Crippen LogP contribution in [0.5, 0.6) is 11.5 Å². The third-order valence-corrected chi connectivity index (χ3v) is 6.05. The second-order valence-corrected chi connectivity index (χ2v) is 8.31. The van der Waals surface area contributed by atoms with E-state index >= 15 is 0 Å². The number of pyridine rings is 1. The van der Waals surface area contributed by atoms with E-state index in [1.54, 1.807) is 24.4 Å². The molecule has 7 nitrogen and oxygen atoms in total. The molecule has 0 radical (unpaired) electrons. The van der Waals surface area contributed by atoms with Gasteiger partial charge in [0.1, 0.15) is 22.9 Å². The average molecular weight is 441 g/mol. The van der Waals surface area contributed by atoms with Gasteiger partial charge in [0.05, 0.1) is 13.2 Å². The number of amides is 1. The molecule has 0 aliphatic carbocycles. The molecule has 1 aliphatic rings. The van der Waals surface area contributed by atoms with Crippen LogP contribution < -0.4 is 4.74 Å². The van der Waals surface area contributed by atoms with Gasteiger partial charge in [-0.3, -0.25) is 14.9 Å². The molecule has 0 saturated heterocycles. The Labute approximate surface area is 191 Å². The number of nitrogens with zero attached hydrogens (tertiary/aromatic N) is 3. The summed E-state index contributed by atoms with van der Waals surface area (Å²) >= 11 is 0. The number of aryl methyl sites for hydroxylation is 2. The zero-order chi connectivity index (χ0) is 23.1. The van der Waals surface area contributed by atoms with Crippen molar-refractivity contribution in [1.29, 1.82) is 0 Å². The van der Waals surface area contributed by atoms with Gasteiger partial charge in [-0.25, -0.2) is 0 Å². The summed E-state index contributed by atoms with van der Waals surface area (Å²) in [4.78, 5) is 19.5. The second kappa shape index (κ2) is 8.09. The predicted molar refractivity (Wildman–Crippen MR) is 124 cm³/mol. The Balaban J connectivity index is 1.70. The number of hydrogen-bond acceptors (Lipinski definition) is 5. The number of carbonyl (C=O) groups is 1. The number of phenolic OH excluding ortho intramolecular Hbond substituents is 1. The van der Waals surface area contributed by atoms with Crippen molar-refractivity contribution in [2.75, 3.05) is 7.11 Å². The Kier molecular flexibility index (Phi) is 5.09. The van der Waals surface area contributed by atoms with Crippen molar-refractivity contribution in [2.45, 2.75) is 26.4 Å². The van der Waals surface area contributed by atoms with Crippen molar-refractivity contribution in [3.63, 3.8) is 0 Å². The number of rotatable bonds is 5. The third-order valence-electron chi connectivity index (χ3n) is 6.05. The van der Waals surface area contributed by atoms with Crippen molar-refractivity contribution in [3.8, 4) is 22.8 Å². The highest BCUT2D eigenvalue weighted by molar-refractivity contribution is 6.00. The van der Waals surface area contributed by atoms with Crippen LogP contribution in [0, 0.1) is 13.8 Å². The number of methoxy groups -OCH3 is 1. The molecule has 4 aromatic rings. The van der Waals surface area contributed by atoms with Gasteiger partial charge in [-0.1, -0.05) is 24.3 Å². The molecule has 166 valence electrons. The van der Waals surface area contributed by atoms with Crippen LogP contribution in [-0.2, 0) is 6.54 Å². The standard InChI is InChI=1S/C26H24N4O3/c1-15-10-16(2)25(31)20(11-15)22-21-23(29-28-22)26(32)30(14-17-6-5-9-27-13-17)24(21)18-7-4-8-19(12-18)33-3/h4-13,24,31H,14H2,1-3H3,(H,28,29)/t24-/m1/s1. The summed E-state index contributed by atoms with van der Waals surface area (Å²) in [6.07, 6.45) is 3.47. The predicted octanol–water partition coefficient (Wildman–Crippen LogP) is 4.55. The molecule has 7 heteroatoms. The van der Waals surface area contributed by atoms with Gasteiger partial charge >= 0.3 is 0 Å². The van der Waals surface area contributed by atoms with E-state index in [0.717, 1.165) is 27.8 Å². The monoisotopic (exact) mass is 440 g/mol. The minimum Gasteiger partial charge on any atom is -0.507 e. The molecule has 0 spiro atoms. The van der Waals surface area contributed by atoms with E-state index in [0.29, 0.717) is 29.2 Å². The number of aromatic hydroxyl groups is 1. The van der Waals surface area contributed by atoms with Crippen molar-refractivity contribution < 1.29 is 14.6 Å². The van der Waals surface area contributed by atoms with Gasteiger partial charge in [-0.05, 0) is 60.4 Å². The first-order valence-electron chi connectivity index (χ1n) is 10.7. The van der Waals surface area contributed by atoms with E-state index < -0.39 is 6.04 Å². The Bertz CT molecular complexity index is 1350. The molecule has 33 heavy (non-hydrogen) atoms. The molecule has 2 N–H and O–H groups in total. The first-order valence-corrected chi connectivity index (χ1v) is 10.7. The Morgan fingerprint density at radius 2 is 2.00 bits per heavy atom. The lowest BCUT2D eigenvalue weighted by atomic mass is 9.94. The SMILES string of the molecule is COc1cccc([C@@H]2c3c(-c4cc(C)cc(C)c4O)n[nH]c3C(=O)N2Cc2cccnc2)c1. The van der Waals surface area contributed by atoms with Gasteiger partial charge in [-0.2, -0.15) is 5.10 Å². The van der Waals surface area contributed by atoms with Gasteiger partial charge in [0, 0.05) is 30.1 Å². The van der Waals surface area contributed by atoms with Crippen LogP contribution in [0.2, 0.25) is 0 Å². The highest BCUT2D eigenvalue weighted by atomic mass is 16.5. The van der Waals surface area contributed by atoms with Gasteiger partial charge in [0.15, 0.2) is 0 Å². The smallest absolute Gasteiger partial charge is 0.273 e. The molecule has 0 fully saturated rings. The van der Waals surface area contributed by atoms with Crippen molar-refractivity contribution in [3.05, 3.63) is 94.4 Å². The van der Waals surface area contributed by atoms with E-state index in [4.69, 9.17) is 4.74 Å². The van der Waals surface area contributed by atoms with Crippen molar-refractivity contribution in [2.24, 2.45) is 0 Å². The zero-order valence-corrected chi connectivity index (χ0v) is 18.7. The zero-order valence-electron chi connectivity index (χ0n) is 18.7. The van der Waals surface area contributed by atoms with E-state index in [1.165, 1.54) is 0 Å².